The molecule has 6 nitrogen and oxygen atoms in total. The fourth-order valence-electron chi connectivity index (χ4n) is 4.44. The summed E-state index contributed by atoms with van der Waals surface area (Å²) in [7, 11) is 0. The van der Waals surface area contributed by atoms with Crippen molar-refractivity contribution in [2.75, 3.05) is 44.2 Å². The zero-order valence-electron chi connectivity index (χ0n) is 18.5. The molecule has 170 valence electrons. The van der Waals surface area contributed by atoms with Crippen molar-refractivity contribution in [2.45, 2.75) is 13.3 Å². The first-order valence-electron chi connectivity index (χ1n) is 11.1. The highest BCUT2D eigenvalue weighted by Gasteiger charge is 2.29. The van der Waals surface area contributed by atoms with E-state index in [0.29, 0.717) is 48.3 Å². The van der Waals surface area contributed by atoms with Gasteiger partial charge in [0.2, 0.25) is 5.91 Å². The molecular weight excluding hydrogens is 439 g/mol. The van der Waals surface area contributed by atoms with Crippen LogP contribution in [0.4, 0.5) is 10.1 Å². The highest BCUT2D eigenvalue weighted by molar-refractivity contribution is 7.17. The van der Waals surface area contributed by atoms with E-state index in [2.05, 4.69) is 16.0 Å². The van der Waals surface area contributed by atoms with Crippen molar-refractivity contribution in [3.05, 3.63) is 70.5 Å². The maximum atomic E-state index is 13.2. The number of carbonyl (C=O) groups excluding carboxylic acids is 2. The van der Waals surface area contributed by atoms with Gasteiger partial charge in [-0.3, -0.25) is 14.5 Å². The van der Waals surface area contributed by atoms with E-state index in [9.17, 15) is 14.0 Å². The second-order valence-electron chi connectivity index (χ2n) is 8.43. The Bertz CT molecular complexity index is 1190. The Morgan fingerprint density at radius 1 is 1.00 bits per heavy atom. The molecule has 2 aliphatic rings. The molecule has 0 unspecified atom stereocenters. The van der Waals surface area contributed by atoms with Gasteiger partial charge in [0.1, 0.15) is 15.7 Å². The number of amides is 2. The first-order chi connectivity index (χ1) is 16.0. The number of anilines is 1. The summed E-state index contributed by atoms with van der Waals surface area (Å²) < 4.78 is 13.2. The van der Waals surface area contributed by atoms with Gasteiger partial charge in [0.15, 0.2) is 0 Å². The van der Waals surface area contributed by atoms with Crippen LogP contribution in [0.5, 0.6) is 0 Å². The molecule has 0 radical (unpaired) electrons. The minimum atomic E-state index is -0.298. The predicted octanol–water partition coefficient (Wildman–Crippen LogP) is 3.60. The highest BCUT2D eigenvalue weighted by Crippen LogP contribution is 2.30. The lowest BCUT2D eigenvalue weighted by Gasteiger charge is -2.35. The Hall–Kier alpha value is -3.10. The van der Waals surface area contributed by atoms with Crippen LogP contribution in [-0.2, 0) is 11.2 Å². The third kappa shape index (κ3) is 4.41. The maximum absolute atomic E-state index is 13.2. The van der Waals surface area contributed by atoms with Crippen molar-refractivity contribution in [2.24, 2.45) is 0 Å². The fraction of sp³-hybridized carbons (Fsp3) is 0.320. The van der Waals surface area contributed by atoms with Gasteiger partial charge in [-0.15, -0.1) is 11.3 Å². The number of thiazole rings is 1. The summed E-state index contributed by atoms with van der Waals surface area (Å²) in [5.41, 5.74) is 3.74. The lowest BCUT2D eigenvalue weighted by Crippen LogP contribution is -2.51. The first kappa shape index (κ1) is 21.7. The number of piperazine rings is 1. The lowest BCUT2D eigenvalue weighted by molar-refractivity contribution is -0.120. The molecule has 1 fully saturated rings. The van der Waals surface area contributed by atoms with E-state index < -0.39 is 0 Å². The van der Waals surface area contributed by atoms with E-state index in [1.807, 2.05) is 34.9 Å². The van der Waals surface area contributed by atoms with Gasteiger partial charge < -0.3 is 9.80 Å². The van der Waals surface area contributed by atoms with Crippen LogP contribution in [0.1, 0.15) is 20.9 Å². The van der Waals surface area contributed by atoms with E-state index in [-0.39, 0.29) is 17.6 Å². The molecule has 0 saturated carbocycles. The quantitative estimate of drug-likeness (QED) is 0.592. The summed E-state index contributed by atoms with van der Waals surface area (Å²) in [5.74, 6) is -0.214. The lowest BCUT2D eigenvalue weighted by atomic mass is 10.2. The maximum Gasteiger partial charge on any atom is 0.265 e. The molecule has 0 aliphatic carbocycles. The van der Waals surface area contributed by atoms with Gasteiger partial charge in [-0.05, 0) is 49.2 Å². The zero-order chi connectivity index (χ0) is 22.9. The monoisotopic (exact) mass is 464 g/mol. The highest BCUT2D eigenvalue weighted by atomic mass is 32.1. The summed E-state index contributed by atoms with van der Waals surface area (Å²) >= 11 is 1.34. The molecule has 1 aromatic heterocycles. The van der Waals surface area contributed by atoms with Crippen LogP contribution in [0.2, 0.25) is 0 Å². The average molecular weight is 465 g/mol. The van der Waals surface area contributed by atoms with Crippen LogP contribution in [0.15, 0.2) is 48.5 Å². The number of aromatic nitrogens is 1. The molecule has 33 heavy (non-hydrogen) atoms. The van der Waals surface area contributed by atoms with Crippen molar-refractivity contribution in [3.8, 4) is 10.6 Å². The minimum absolute atomic E-state index is 0.0298. The number of hydrogen-bond donors (Lipinski definition) is 0. The second kappa shape index (κ2) is 9.03. The van der Waals surface area contributed by atoms with Gasteiger partial charge in [0.05, 0.1) is 12.2 Å². The summed E-state index contributed by atoms with van der Waals surface area (Å²) in [6, 6.07) is 14.2. The van der Waals surface area contributed by atoms with Gasteiger partial charge in [-0.1, -0.05) is 18.2 Å². The Balaban J connectivity index is 1.19. The van der Waals surface area contributed by atoms with Crippen molar-refractivity contribution in [3.63, 3.8) is 0 Å². The number of halogens is 1. The number of para-hydroxylation sites is 1. The third-order valence-electron chi connectivity index (χ3n) is 6.29. The average Bonchev–Trinajstić information content (AvgIpc) is 3.43. The number of hydrogen-bond acceptors (Lipinski definition) is 5. The summed E-state index contributed by atoms with van der Waals surface area (Å²) in [4.78, 5) is 37.0. The van der Waals surface area contributed by atoms with Crippen molar-refractivity contribution in [1.82, 2.24) is 14.8 Å². The van der Waals surface area contributed by atoms with Gasteiger partial charge in [0, 0.05) is 44.0 Å². The molecule has 0 spiro atoms. The Morgan fingerprint density at radius 2 is 1.73 bits per heavy atom. The Kier molecular flexibility index (Phi) is 5.95. The van der Waals surface area contributed by atoms with Gasteiger partial charge in [-0.25, -0.2) is 9.37 Å². The van der Waals surface area contributed by atoms with E-state index >= 15 is 0 Å². The Morgan fingerprint density at radius 3 is 2.48 bits per heavy atom. The molecular formula is C25H25FN4O2S. The first-order valence-corrected chi connectivity index (χ1v) is 11.9. The van der Waals surface area contributed by atoms with Crippen LogP contribution in [-0.4, -0.2) is 65.9 Å². The Labute approximate surface area is 196 Å². The summed E-state index contributed by atoms with van der Waals surface area (Å²) in [6.45, 7) is 5.41. The third-order valence-corrected chi connectivity index (χ3v) is 7.48. The molecule has 1 saturated heterocycles. The van der Waals surface area contributed by atoms with Crippen LogP contribution in [0.25, 0.3) is 10.6 Å². The van der Waals surface area contributed by atoms with Crippen LogP contribution >= 0.6 is 11.3 Å². The smallest absolute Gasteiger partial charge is 0.265 e. The van der Waals surface area contributed by atoms with Crippen molar-refractivity contribution < 1.29 is 14.0 Å². The molecule has 2 aromatic carbocycles. The van der Waals surface area contributed by atoms with Crippen molar-refractivity contribution in [1.29, 1.82) is 0 Å². The molecule has 8 heteroatoms. The van der Waals surface area contributed by atoms with Crippen molar-refractivity contribution >= 4 is 28.8 Å². The normalized spacial score (nSPS) is 16.2. The number of benzene rings is 2. The molecule has 2 aliphatic heterocycles. The second-order valence-corrected chi connectivity index (χ2v) is 9.43. The van der Waals surface area contributed by atoms with Gasteiger partial charge in [-0.2, -0.15) is 0 Å². The molecule has 5 rings (SSSR count). The number of fused-ring (bicyclic) bond motifs is 1. The van der Waals surface area contributed by atoms with E-state index in [1.165, 1.54) is 29.0 Å². The van der Waals surface area contributed by atoms with Gasteiger partial charge in [0.25, 0.3) is 5.91 Å². The molecule has 3 aromatic rings. The number of rotatable bonds is 4. The molecule has 0 atom stereocenters. The minimum Gasteiger partial charge on any atom is -0.335 e. The molecule has 2 amide bonds. The zero-order valence-corrected chi connectivity index (χ0v) is 19.3. The van der Waals surface area contributed by atoms with E-state index in [1.54, 1.807) is 12.1 Å². The fourth-order valence-corrected chi connectivity index (χ4v) is 5.48. The summed E-state index contributed by atoms with van der Waals surface area (Å²) in [5, 5.41) is 0.714. The van der Waals surface area contributed by atoms with Crippen LogP contribution in [0, 0.1) is 12.7 Å². The molecule has 0 bridgehead atoms. The van der Waals surface area contributed by atoms with Crippen LogP contribution < -0.4 is 4.90 Å². The predicted molar refractivity (Wildman–Crippen MR) is 127 cm³/mol. The van der Waals surface area contributed by atoms with Crippen LogP contribution in [0.3, 0.4) is 0 Å². The number of aryl methyl sites for hydroxylation is 1. The number of nitrogens with zero attached hydrogens (tertiary/aromatic N) is 4. The molecule has 0 N–H and O–H groups in total. The largest absolute Gasteiger partial charge is 0.335 e. The standard InChI is InChI=1S/C25H25FN4O2S/c1-17-23(33-24(27-17)19-6-8-20(26)9-7-19)25(32)29-14-12-28(13-15-29)16-22(31)30-11-10-18-4-2-3-5-21(18)30/h2-9H,10-16H2,1H3. The summed E-state index contributed by atoms with van der Waals surface area (Å²) in [6.07, 6.45) is 0.901. The molecule has 3 heterocycles. The van der Waals surface area contributed by atoms with E-state index in [4.69, 9.17) is 0 Å². The van der Waals surface area contributed by atoms with E-state index in [0.717, 1.165) is 24.2 Å². The van der Waals surface area contributed by atoms with Gasteiger partial charge >= 0.3 is 0 Å². The number of carbonyl (C=O) groups is 2. The SMILES string of the molecule is Cc1nc(-c2ccc(F)cc2)sc1C(=O)N1CCN(CC(=O)N2CCc3ccccc32)CC1. The topological polar surface area (TPSA) is 56.8 Å².